The van der Waals surface area contributed by atoms with E-state index in [1.54, 1.807) is 43.3 Å². The molecule has 0 saturated carbocycles. The van der Waals surface area contributed by atoms with Crippen LogP contribution in [0.1, 0.15) is 12.5 Å². The normalized spacial score (nSPS) is 11.4. The average molecular weight is 455 g/mol. The SMILES string of the molecule is CNC(=O)C(C)N(Cc1c(Cl)cccc1Cl)C(=O)COc1cc(OC)cc(OC)c1. The highest BCUT2D eigenvalue weighted by Crippen LogP contribution is 2.28. The fourth-order valence-electron chi connectivity index (χ4n) is 2.74. The van der Waals surface area contributed by atoms with Gasteiger partial charge >= 0.3 is 0 Å². The number of benzene rings is 2. The van der Waals surface area contributed by atoms with Crippen molar-refractivity contribution >= 4 is 35.0 Å². The molecule has 2 rings (SSSR count). The van der Waals surface area contributed by atoms with E-state index >= 15 is 0 Å². The summed E-state index contributed by atoms with van der Waals surface area (Å²) in [5.41, 5.74) is 0.549. The van der Waals surface area contributed by atoms with E-state index in [0.29, 0.717) is 32.9 Å². The fourth-order valence-corrected chi connectivity index (χ4v) is 3.25. The minimum absolute atomic E-state index is 0.0523. The quantitative estimate of drug-likeness (QED) is 0.626. The van der Waals surface area contributed by atoms with Crippen molar-refractivity contribution < 1.29 is 23.8 Å². The Kier molecular flexibility index (Phi) is 8.62. The van der Waals surface area contributed by atoms with Gasteiger partial charge in [0.15, 0.2) is 6.61 Å². The molecule has 9 heteroatoms. The number of likely N-dealkylation sites (N-methyl/N-ethyl adjacent to an activating group) is 1. The van der Waals surface area contributed by atoms with Crippen molar-refractivity contribution in [3.8, 4) is 17.2 Å². The molecular formula is C21H24Cl2N2O5. The summed E-state index contributed by atoms with van der Waals surface area (Å²) in [7, 11) is 4.54. The number of amides is 2. The van der Waals surface area contributed by atoms with Crippen molar-refractivity contribution in [2.45, 2.75) is 19.5 Å². The lowest BCUT2D eigenvalue weighted by atomic mass is 10.1. The molecule has 2 amide bonds. The van der Waals surface area contributed by atoms with E-state index in [0.717, 1.165) is 0 Å². The lowest BCUT2D eigenvalue weighted by Gasteiger charge is -2.29. The van der Waals surface area contributed by atoms with Gasteiger partial charge in [0, 0.05) is 47.4 Å². The van der Waals surface area contributed by atoms with Crippen LogP contribution in [0.3, 0.4) is 0 Å². The summed E-state index contributed by atoms with van der Waals surface area (Å²) in [6, 6.07) is 9.25. The molecule has 0 radical (unpaired) electrons. The molecule has 0 aliphatic carbocycles. The van der Waals surface area contributed by atoms with Gasteiger partial charge in [-0.3, -0.25) is 9.59 Å². The Morgan fingerprint density at radius 2 is 1.57 bits per heavy atom. The molecule has 0 saturated heterocycles. The first-order valence-corrected chi connectivity index (χ1v) is 9.86. The Bertz CT molecular complexity index is 864. The summed E-state index contributed by atoms with van der Waals surface area (Å²) in [5, 5.41) is 3.36. The first-order chi connectivity index (χ1) is 14.3. The summed E-state index contributed by atoms with van der Waals surface area (Å²) in [6.07, 6.45) is 0. The third-order valence-corrected chi connectivity index (χ3v) is 5.20. The van der Waals surface area contributed by atoms with Crippen LogP contribution in [0, 0.1) is 0 Å². The number of hydrogen-bond donors (Lipinski definition) is 1. The second-order valence-corrected chi connectivity index (χ2v) is 7.16. The smallest absolute Gasteiger partial charge is 0.261 e. The van der Waals surface area contributed by atoms with Crippen molar-refractivity contribution in [3.05, 3.63) is 52.0 Å². The number of carbonyl (C=O) groups is 2. The maximum Gasteiger partial charge on any atom is 0.261 e. The van der Waals surface area contributed by atoms with Gasteiger partial charge in [-0.1, -0.05) is 29.3 Å². The topological polar surface area (TPSA) is 77.1 Å². The maximum atomic E-state index is 13.0. The van der Waals surface area contributed by atoms with Crippen molar-refractivity contribution in [3.63, 3.8) is 0 Å². The molecule has 1 N–H and O–H groups in total. The zero-order valence-electron chi connectivity index (χ0n) is 17.2. The molecule has 0 aromatic heterocycles. The maximum absolute atomic E-state index is 13.0. The number of halogens is 2. The van der Waals surface area contributed by atoms with Crippen molar-refractivity contribution in [2.24, 2.45) is 0 Å². The summed E-state index contributed by atoms with van der Waals surface area (Å²) < 4.78 is 16.1. The summed E-state index contributed by atoms with van der Waals surface area (Å²) in [5.74, 6) is 0.701. The van der Waals surface area contributed by atoms with Gasteiger partial charge in [-0.05, 0) is 19.1 Å². The Balaban J connectivity index is 2.24. The minimum Gasteiger partial charge on any atom is -0.496 e. The van der Waals surface area contributed by atoms with Crippen LogP contribution < -0.4 is 19.5 Å². The second-order valence-electron chi connectivity index (χ2n) is 6.35. The van der Waals surface area contributed by atoms with Gasteiger partial charge in [0.25, 0.3) is 5.91 Å². The molecule has 0 aliphatic rings. The Hall–Kier alpha value is -2.64. The van der Waals surface area contributed by atoms with Crippen LogP contribution in [0.4, 0.5) is 0 Å². The highest BCUT2D eigenvalue weighted by molar-refractivity contribution is 6.36. The Morgan fingerprint density at radius 3 is 2.07 bits per heavy atom. The van der Waals surface area contributed by atoms with Crippen LogP contribution in [0.5, 0.6) is 17.2 Å². The van der Waals surface area contributed by atoms with E-state index in [9.17, 15) is 9.59 Å². The molecule has 0 aliphatic heterocycles. The molecule has 2 aromatic carbocycles. The van der Waals surface area contributed by atoms with Gasteiger partial charge in [0.05, 0.1) is 14.2 Å². The van der Waals surface area contributed by atoms with Gasteiger partial charge < -0.3 is 24.4 Å². The number of rotatable bonds is 9. The second kappa shape index (κ2) is 10.9. The number of hydrogen-bond acceptors (Lipinski definition) is 5. The highest BCUT2D eigenvalue weighted by Gasteiger charge is 2.27. The van der Waals surface area contributed by atoms with Gasteiger partial charge in [0.1, 0.15) is 23.3 Å². The largest absolute Gasteiger partial charge is 0.496 e. The van der Waals surface area contributed by atoms with Crippen LogP contribution in [0.25, 0.3) is 0 Å². The molecule has 0 heterocycles. The van der Waals surface area contributed by atoms with Crippen LogP contribution in [-0.2, 0) is 16.1 Å². The summed E-state index contributed by atoms with van der Waals surface area (Å²) >= 11 is 12.5. The van der Waals surface area contributed by atoms with E-state index in [1.165, 1.54) is 26.2 Å². The average Bonchev–Trinajstić information content (AvgIpc) is 2.75. The lowest BCUT2D eigenvalue weighted by Crippen LogP contribution is -2.48. The van der Waals surface area contributed by atoms with Crippen LogP contribution >= 0.6 is 23.2 Å². The van der Waals surface area contributed by atoms with Gasteiger partial charge in [-0.15, -0.1) is 0 Å². The molecule has 162 valence electrons. The molecule has 0 fully saturated rings. The van der Waals surface area contributed by atoms with E-state index in [-0.39, 0.29) is 19.1 Å². The monoisotopic (exact) mass is 454 g/mol. The Labute approximate surface area is 185 Å². The number of carbonyl (C=O) groups excluding carboxylic acids is 2. The van der Waals surface area contributed by atoms with Crippen LogP contribution in [0.2, 0.25) is 10.0 Å². The van der Waals surface area contributed by atoms with Crippen molar-refractivity contribution in [1.29, 1.82) is 0 Å². The number of nitrogens with zero attached hydrogens (tertiary/aromatic N) is 1. The zero-order chi connectivity index (χ0) is 22.3. The van der Waals surface area contributed by atoms with E-state index in [1.807, 2.05) is 0 Å². The third kappa shape index (κ3) is 5.93. The standard InChI is InChI=1S/C21H24Cl2N2O5/c1-13(21(27)24-2)25(11-17-18(22)6-5-7-19(17)23)20(26)12-30-16-9-14(28-3)8-15(10-16)29-4/h5-10,13H,11-12H2,1-4H3,(H,24,27). The van der Waals surface area contributed by atoms with E-state index in [2.05, 4.69) is 5.32 Å². The van der Waals surface area contributed by atoms with E-state index < -0.39 is 11.9 Å². The molecule has 1 unspecified atom stereocenters. The Morgan fingerprint density at radius 1 is 1.03 bits per heavy atom. The predicted molar refractivity (Wildman–Crippen MR) is 116 cm³/mol. The molecule has 7 nitrogen and oxygen atoms in total. The first kappa shape index (κ1) is 23.6. The third-order valence-electron chi connectivity index (χ3n) is 4.49. The summed E-state index contributed by atoms with van der Waals surface area (Å²) in [6.45, 7) is 1.37. The molecular weight excluding hydrogens is 431 g/mol. The minimum atomic E-state index is -0.765. The molecule has 30 heavy (non-hydrogen) atoms. The predicted octanol–water partition coefficient (Wildman–Crippen LogP) is 3.55. The number of nitrogens with one attached hydrogen (secondary N) is 1. The van der Waals surface area contributed by atoms with Gasteiger partial charge in [0.2, 0.25) is 5.91 Å². The molecule has 2 aromatic rings. The molecule has 1 atom stereocenters. The lowest BCUT2D eigenvalue weighted by molar-refractivity contribution is -0.142. The zero-order valence-corrected chi connectivity index (χ0v) is 18.7. The van der Waals surface area contributed by atoms with Crippen LogP contribution in [0.15, 0.2) is 36.4 Å². The highest BCUT2D eigenvalue weighted by atomic mass is 35.5. The fraction of sp³-hybridized carbons (Fsp3) is 0.333. The molecule has 0 bridgehead atoms. The summed E-state index contributed by atoms with van der Waals surface area (Å²) in [4.78, 5) is 26.6. The van der Waals surface area contributed by atoms with Gasteiger partial charge in [-0.2, -0.15) is 0 Å². The number of methoxy groups -OCH3 is 2. The van der Waals surface area contributed by atoms with E-state index in [4.69, 9.17) is 37.4 Å². The molecule has 0 spiro atoms. The van der Waals surface area contributed by atoms with Crippen LogP contribution in [-0.4, -0.2) is 50.6 Å². The number of ether oxygens (including phenoxy) is 3. The van der Waals surface area contributed by atoms with Gasteiger partial charge in [-0.25, -0.2) is 0 Å². The van der Waals surface area contributed by atoms with Crippen molar-refractivity contribution in [1.82, 2.24) is 10.2 Å². The first-order valence-electron chi connectivity index (χ1n) is 9.10. The van der Waals surface area contributed by atoms with Crippen molar-refractivity contribution in [2.75, 3.05) is 27.9 Å².